The first-order valence-electron chi connectivity index (χ1n) is 8.92. The fraction of sp³-hybridized carbons (Fsp3) is 0.0833. The molecule has 0 saturated carbocycles. The fourth-order valence-corrected chi connectivity index (χ4v) is 5.20. The van der Waals surface area contributed by atoms with Crippen molar-refractivity contribution in [2.24, 2.45) is 0 Å². The smallest absolute Gasteiger partial charge is 0.131 e. The molecule has 0 bridgehead atoms. The Labute approximate surface area is 185 Å². The third-order valence-electron chi connectivity index (χ3n) is 4.89. The predicted octanol–water partition coefficient (Wildman–Crippen LogP) is 8.66. The molecular formula is C24H17BrF2S2. The van der Waals surface area contributed by atoms with E-state index in [0.29, 0.717) is 11.1 Å². The van der Waals surface area contributed by atoms with Crippen LogP contribution in [0.4, 0.5) is 8.78 Å². The number of halogens is 3. The Hall–Kier alpha value is -1.82. The molecule has 0 saturated heterocycles. The maximum atomic E-state index is 15.1. The van der Waals surface area contributed by atoms with Crippen molar-refractivity contribution < 1.29 is 8.78 Å². The van der Waals surface area contributed by atoms with Crippen LogP contribution in [0.15, 0.2) is 81.0 Å². The minimum atomic E-state index is -0.301. The molecule has 0 N–H and O–H groups in total. The second-order valence-electron chi connectivity index (χ2n) is 6.52. The summed E-state index contributed by atoms with van der Waals surface area (Å²) in [6.45, 7) is 0. The monoisotopic (exact) mass is 486 g/mol. The van der Waals surface area contributed by atoms with E-state index >= 15 is 4.39 Å². The first-order valence-corrected chi connectivity index (χ1v) is 12.2. The van der Waals surface area contributed by atoms with Crippen LogP contribution in [0.3, 0.4) is 0 Å². The number of hydrogen-bond donors (Lipinski definition) is 0. The fourth-order valence-electron chi connectivity index (χ4n) is 3.53. The molecule has 0 fully saturated rings. The molecule has 4 aromatic rings. The highest BCUT2D eigenvalue weighted by atomic mass is 79.9. The molecule has 0 aliphatic rings. The number of thioether (sulfide) groups is 2. The van der Waals surface area contributed by atoms with E-state index in [0.717, 1.165) is 36.2 Å². The summed E-state index contributed by atoms with van der Waals surface area (Å²) in [5, 5.41) is 1.82. The van der Waals surface area contributed by atoms with Gasteiger partial charge in [0.15, 0.2) is 0 Å². The summed E-state index contributed by atoms with van der Waals surface area (Å²) in [6.07, 6.45) is 3.95. The summed E-state index contributed by atoms with van der Waals surface area (Å²) < 4.78 is 30.6. The average molecular weight is 487 g/mol. The van der Waals surface area contributed by atoms with Crippen molar-refractivity contribution in [1.82, 2.24) is 0 Å². The Morgan fingerprint density at radius 2 is 1.38 bits per heavy atom. The minimum absolute atomic E-state index is 0.281. The zero-order valence-electron chi connectivity index (χ0n) is 15.8. The molecule has 146 valence electrons. The molecule has 0 aliphatic heterocycles. The Morgan fingerprint density at radius 3 is 2.14 bits per heavy atom. The molecule has 0 radical (unpaired) electrons. The Kier molecular flexibility index (Phi) is 6.00. The van der Waals surface area contributed by atoms with E-state index in [1.807, 2.05) is 48.9 Å². The van der Waals surface area contributed by atoms with Gasteiger partial charge in [0.05, 0.1) is 0 Å². The molecular weight excluding hydrogens is 470 g/mol. The van der Waals surface area contributed by atoms with Crippen LogP contribution in [-0.2, 0) is 0 Å². The quantitative estimate of drug-likeness (QED) is 0.264. The van der Waals surface area contributed by atoms with Gasteiger partial charge < -0.3 is 0 Å². The number of benzene rings is 4. The molecule has 0 spiro atoms. The van der Waals surface area contributed by atoms with Gasteiger partial charge in [-0.3, -0.25) is 0 Å². The van der Waals surface area contributed by atoms with Gasteiger partial charge in [-0.2, -0.15) is 0 Å². The lowest BCUT2D eigenvalue weighted by atomic mass is 9.94. The van der Waals surface area contributed by atoms with Gasteiger partial charge in [0.1, 0.15) is 11.6 Å². The van der Waals surface area contributed by atoms with Crippen LogP contribution >= 0.6 is 39.5 Å². The maximum Gasteiger partial charge on any atom is 0.131 e. The molecule has 29 heavy (non-hydrogen) atoms. The summed E-state index contributed by atoms with van der Waals surface area (Å²) in [6, 6.07) is 19.9. The van der Waals surface area contributed by atoms with Crippen molar-refractivity contribution in [1.29, 1.82) is 0 Å². The summed E-state index contributed by atoms with van der Waals surface area (Å²) >= 11 is 6.56. The Morgan fingerprint density at radius 1 is 0.690 bits per heavy atom. The normalized spacial score (nSPS) is 11.2. The molecule has 5 heteroatoms. The van der Waals surface area contributed by atoms with Crippen LogP contribution in [0.2, 0.25) is 0 Å². The van der Waals surface area contributed by atoms with Crippen molar-refractivity contribution in [3.05, 3.63) is 82.8 Å². The van der Waals surface area contributed by atoms with Gasteiger partial charge in [-0.1, -0.05) is 46.3 Å². The van der Waals surface area contributed by atoms with Crippen LogP contribution in [0.5, 0.6) is 0 Å². The van der Waals surface area contributed by atoms with E-state index in [2.05, 4.69) is 15.9 Å². The van der Waals surface area contributed by atoms with E-state index in [9.17, 15) is 4.39 Å². The maximum absolute atomic E-state index is 15.1. The van der Waals surface area contributed by atoms with Crippen LogP contribution in [0.1, 0.15) is 0 Å². The number of fused-ring (bicyclic) bond motifs is 1. The highest BCUT2D eigenvalue weighted by Crippen LogP contribution is 2.43. The lowest BCUT2D eigenvalue weighted by molar-refractivity contribution is 0.630. The third kappa shape index (κ3) is 3.83. The standard InChI is InChI=1S/C24H17BrF2S2/c1-28-22-13-23(29-2)19(12-18(22)17-11-15(25)8-10-20(17)26)24-16-6-4-3-5-14(16)7-9-21(24)27/h3-13H,1-2H3. The van der Waals surface area contributed by atoms with Gasteiger partial charge in [0, 0.05) is 25.4 Å². The zero-order chi connectivity index (χ0) is 20.5. The summed E-state index contributed by atoms with van der Waals surface area (Å²) in [5.74, 6) is -0.582. The molecule has 0 aromatic heterocycles. The molecule has 4 rings (SSSR count). The third-order valence-corrected chi connectivity index (χ3v) is 6.94. The zero-order valence-corrected chi connectivity index (χ0v) is 19.0. The minimum Gasteiger partial charge on any atom is -0.206 e. The summed E-state index contributed by atoms with van der Waals surface area (Å²) in [5.41, 5.74) is 2.59. The molecule has 0 aliphatic carbocycles. The number of rotatable bonds is 4. The molecule has 0 heterocycles. The van der Waals surface area contributed by atoms with Crippen molar-refractivity contribution in [2.45, 2.75) is 9.79 Å². The van der Waals surface area contributed by atoms with Crippen molar-refractivity contribution >= 4 is 50.2 Å². The van der Waals surface area contributed by atoms with Crippen LogP contribution < -0.4 is 0 Å². The van der Waals surface area contributed by atoms with Crippen molar-refractivity contribution in [2.75, 3.05) is 12.5 Å². The molecule has 0 nitrogen and oxygen atoms in total. The van der Waals surface area contributed by atoms with Crippen molar-refractivity contribution in [3.63, 3.8) is 0 Å². The van der Waals surface area contributed by atoms with E-state index in [1.54, 1.807) is 41.7 Å². The molecule has 0 unspecified atom stereocenters. The lowest BCUT2D eigenvalue weighted by Gasteiger charge is -2.17. The predicted molar refractivity (Wildman–Crippen MR) is 126 cm³/mol. The van der Waals surface area contributed by atoms with Crippen LogP contribution in [0, 0.1) is 11.6 Å². The topological polar surface area (TPSA) is 0 Å². The number of hydrogen-bond acceptors (Lipinski definition) is 2. The van der Waals surface area contributed by atoms with Crippen LogP contribution in [-0.4, -0.2) is 12.5 Å². The lowest BCUT2D eigenvalue weighted by Crippen LogP contribution is -1.94. The Balaban J connectivity index is 2.08. The average Bonchev–Trinajstić information content (AvgIpc) is 2.74. The molecule has 4 aromatic carbocycles. The van der Waals surface area contributed by atoms with Gasteiger partial charge in [0.2, 0.25) is 0 Å². The van der Waals surface area contributed by atoms with Gasteiger partial charge in [-0.15, -0.1) is 23.5 Å². The SMILES string of the molecule is CSc1cc(SC)c(-c2c(F)ccc3ccccc23)cc1-c1cc(Br)ccc1F. The van der Waals surface area contributed by atoms with Gasteiger partial charge in [-0.25, -0.2) is 8.78 Å². The van der Waals surface area contributed by atoms with E-state index in [1.165, 1.54) is 12.1 Å². The first-order chi connectivity index (χ1) is 14.0. The second kappa shape index (κ2) is 8.50. The van der Waals surface area contributed by atoms with Crippen molar-refractivity contribution in [3.8, 4) is 22.3 Å². The molecule has 0 atom stereocenters. The van der Waals surface area contributed by atoms with Gasteiger partial charge >= 0.3 is 0 Å². The summed E-state index contributed by atoms with van der Waals surface area (Å²) in [7, 11) is 0. The van der Waals surface area contributed by atoms with E-state index in [4.69, 9.17) is 0 Å². The largest absolute Gasteiger partial charge is 0.206 e. The second-order valence-corrected chi connectivity index (χ2v) is 9.13. The van der Waals surface area contributed by atoms with Gasteiger partial charge in [-0.05, 0) is 70.8 Å². The highest BCUT2D eigenvalue weighted by molar-refractivity contribution is 9.10. The van der Waals surface area contributed by atoms with E-state index in [-0.39, 0.29) is 11.6 Å². The van der Waals surface area contributed by atoms with Gasteiger partial charge in [0.25, 0.3) is 0 Å². The first kappa shape index (κ1) is 20.5. The highest BCUT2D eigenvalue weighted by Gasteiger charge is 2.19. The summed E-state index contributed by atoms with van der Waals surface area (Å²) in [4.78, 5) is 1.92. The Bertz CT molecular complexity index is 1220. The van der Waals surface area contributed by atoms with E-state index < -0.39 is 0 Å². The van der Waals surface area contributed by atoms with Crippen LogP contribution in [0.25, 0.3) is 33.0 Å². The molecule has 0 amide bonds.